The number of nitrogens with one attached hydrogen (secondary N) is 1. The van der Waals surface area contributed by atoms with Crippen LogP contribution in [0.2, 0.25) is 0 Å². The fourth-order valence-electron chi connectivity index (χ4n) is 5.51. The molecular formula is C28H28N2O9S. The highest BCUT2D eigenvalue weighted by atomic mass is 32.2. The predicted molar refractivity (Wildman–Crippen MR) is 146 cm³/mol. The second-order valence-corrected chi connectivity index (χ2v) is 12.2. The van der Waals surface area contributed by atoms with Crippen molar-refractivity contribution in [3.05, 3.63) is 58.0 Å². The molecule has 2 aliphatic heterocycles. The van der Waals surface area contributed by atoms with Gasteiger partial charge in [0.2, 0.25) is 10.0 Å². The number of sulfonamides is 1. The van der Waals surface area contributed by atoms with Crippen molar-refractivity contribution < 1.29 is 42.5 Å². The van der Waals surface area contributed by atoms with Gasteiger partial charge < -0.3 is 25.0 Å². The Hall–Kier alpha value is -4.32. The molecule has 0 bridgehead atoms. The standard InChI is InChI=1S/C28H28N2O9S/c1-13-24(33)22(15(3)31)26-23(25(13)34)28(4)20(39-26)12-18(32)21(27(28)35)14(2)29-16-7-8-19(38-5)17(11-16)30-9-6-10-40(30,36)37/h7-8,11-12,29,33-34H,6,9-10H2,1-5H3. The van der Waals surface area contributed by atoms with E-state index in [0.717, 1.165) is 6.08 Å². The van der Waals surface area contributed by atoms with Crippen LogP contribution in [0.5, 0.6) is 23.0 Å². The van der Waals surface area contributed by atoms with Gasteiger partial charge in [0.25, 0.3) is 0 Å². The zero-order valence-corrected chi connectivity index (χ0v) is 23.4. The third-order valence-electron chi connectivity index (χ3n) is 7.64. The first kappa shape index (κ1) is 27.3. The summed E-state index contributed by atoms with van der Waals surface area (Å²) in [5, 5.41) is 24.5. The lowest BCUT2D eigenvalue weighted by Gasteiger charge is -2.29. The number of carbonyl (C=O) groups excluding carboxylic acids is 3. The first-order valence-corrected chi connectivity index (χ1v) is 14.1. The Kier molecular flexibility index (Phi) is 6.21. The molecule has 1 aliphatic carbocycles. The Bertz CT molecular complexity index is 1700. The molecule has 0 saturated carbocycles. The maximum Gasteiger partial charge on any atom is 0.235 e. The minimum absolute atomic E-state index is 0.00253. The van der Waals surface area contributed by atoms with Gasteiger partial charge in [-0.3, -0.25) is 18.7 Å². The number of phenolic OH excluding ortho intramolecular Hbond substituents is 2. The molecule has 2 aromatic rings. The number of hydrogen-bond donors (Lipinski definition) is 3. The Morgan fingerprint density at radius 2 is 1.88 bits per heavy atom. The molecule has 1 atom stereocenters. The van der Waals surface area contributed by atoms with Crippen LogP contribution in [0.4, 0.5) is 11.4 Å². The monoisotopic (exact) mass is 568 g/mol. The largest absolute Gasteiger partial charge is 0.507 e. The van der Waals surface area contributed by atoms with E-state index in [1.165, 1.54) is 39.1 Å². The number of carbonyl (C=O) groups is 3. The van der Waals surface area contributed by atoms with Gasteiger partial charge in [-0.1, -0.05) is 0 Å². The van der Waals surface area contributed by atoms with Crippen LogP contribution in [0.1, 0.15) is 48.7 Å². The summed E-state index contributed by atoms with van der Waals surface area (Å²) < 4.78 is 37.5. The van der Waals surface area contributed by atoms with Crippen molar-refractivity contribution in [2.24, 2.45) is 0 Å². The number of nitrogens with zero attached hydrogens (tertiary/aromatic N) is 1. The van der Waals surface area contributed by atoms with Crippen LogP contribution < -0.4 is 19.1 Å². The number of anilines is 2. The van der Waals surface area contributed by atoms with Gasteiger partial charge in [0.05, 0.1) is 29.7 Å². The van der Waals surface area contributed by atoms with E-state index in [1.54, 1.807) is 18.2 Å². The van der Waals surface area contributed by atoms with Gasteiger partial charge in [0.1, 0.15) is 39.7 Å². The minimum atomic E-state index is -3.50. The van der Waals surface area contributed by atoms with Crippen LogP contribution >= 0.6 is 0 Å². The molecule has 2 aromatic carbocycles. The van der Waals surface area contributed by atoms with Gasteiger partial charge in [0, 0.05) is 29.6 Å². The number of hydrogen-bond acceptors (Lipinski definition) is 10. The smallest absolute Gasteiger partial charge is 0.235 e. The average Bonchev–Trinajstić information content (AvgIpc) is 3.38. The van der Waals surface area contributed by atoms with Gasteiger partial charge in [-0.15, -0.1) is 0 Å². The molecule has 3 aliphatic rings. The molecule has 1 unspecified atom stereocenters. The summed E-state index contributed by atoms with van der Waals surface area (Å²) >= 11 is 0. The molecule has 2 heterocycles. The van der Waals surface area contributed by atoms with E-state index < -0.39 is 44.3 Å². The number of Topliss-reactive ketones (excluding diaryl/α,β-unsaturated/α-hetero) is 2. The molecule has 0 spiro atoms. The SMILES string of the molecule is COc1ccc(NC(C)=C2C(=O)C=C3Oc4c(C(C)=O)c(O)c(C)c(O)c4C3(C)C2=O)cc1N1CCCS1(=O)=O. The normalized spacial score (nSPS) is 22.3. The van der Waals surface area contributed by atoms with Crippen molar-refractivity contribution in [3.8, 4) is 23.0 Å². The van der Waals surface area contributed by atoms with Gasteiger partial charge in [-0.2, -0.15) is 0 Å². The number of ketones is 3. The number of ether oxygens (including phenoxy) is 2. The summed E-state index contributed by atoms with van der Waals surface area (Å²) in [4.78, 5) is 39.6. The molecule has 1 fully saturated rings. The van der Waals surface area contributed by atoms with Crippen molar-refractivity contribution in [1.82, 2.24) is 0 Å². The second kappa shape index (κ2) is 9.12. The van der Waals surface area contributed by atoms with E-state index in [4.69, 9.17) is 9.47 Å². The summed E-state index contributed by atoms with van der Waals surface area (Å²) in [6.45, 7) is 5.94. The topological polar surface area (TPSA) is 160 Å². The van der Waals surface area contributed by atoms with Crippen LogP contribution in [0.15, 0.2) is 41.3 Å². The second-order valence-electron chi connectivity index (χ2n) is 10.1. The number of rotatable bonds is 5. The van der Waals surface area contributed by atoms with Crippen molar-refractivity contribution in [2.75, 3.05) is 29.0 Å². The summed E-state index contributed by atoms with van der Waals surface area (Å²) in [6.07, 6.45) is 1.61. The molecule has 40 heavy (non-hydrogen) atoms. The number of methoxy groups -OCH3 is 1. The van der Waals surface area contributed by atoms with Crippen LogP contribution in [0.25, 0.3) is 0 Å². The molecule has 0 aromatic heterocycles. The number of allylic oxidation sites excluding steroid dienone is 4. The third-order valence-corrected chi connectivity index (χ3v) is 9.49. The summed E-state index contributed by atoms with van der Waals surface area (Å²) in [6, 6.07) is 4.78. The van der Waals surface area contributed by atoms with Crippen LogP contribution in [0.3, 0.4) is 0 Å². The Morgan fingerprint density at radius 3 is 2.48 bits per heavy atom. The molecule has 0 radical (unpaired) electrons. The molecule has 0 amide bonds. The zero-order chi connectivity index (χ0) is 29.3. The molecule has 5 rings (SSSR count). The molecular weight excluding hydrogens is 540 g/mol. The van der Waals surface area contributed by atoms with Crippen LogP contribution in [0, 0.1) is 6.92 Å². The fraction of sp³-hybridized carbons (Fsp3) is 0.321. The van der Waals surface area contributed by atoms with Gasteiger partial charge in [-0.25, -0.2) is 8.42 Å². The van der Waals surface area contributed by atoms with E-state index in [1.807, 2.05) is 0 Å². The lowest BCUT2D eigenvalue weighted by atomic mass is 9.70. The highest BCUT2D eigenvalue weighted by Crippen LogP contribution is 2.57. The molecule has 3 N–H and O–H groups in total. The molecule has 210 valence electrons. The Labute approximate surface area is 230 Å². The third kappa shape index (κ3) is 3.77. The molecule has 1 saturated heterocycles. The van der Waals surface area contributed by atoms with Crippen LogP contribution in [-0.2, 0) is 25.0 Å². The lowest BCUT2D eigenvalue weighted by Crippen LogP contribution is -2.40. The van der Waals surface area contributed by atoms with E-state index in [2.05, 4.69) is 5.32 Å². The lowest BCUT2D eigenvalue weighted by molar-refractivity contribution is -0.123. The van der Waals surface area contributed by atoms with E-state index in [0.29, 0.717) is 30.1 Å². The number of benzene rings is 2. The van der Waals surface area contributed by atoms with Crippen LogP contribution in [-0.4, -0.2) is 55.4 Å². The van der Waals surface area contributed by atoms with Crippen molar-refractivity contribution in [2.45, 2.75) is 39.5 Å². The quantitative estimate of drug-likeness (QED) is 0.278. The zero-order valence-electron chi connectivity index (χ0n) is 22.5. The van der Waals surface area contributed by atoms with Crippen molar-refractivity contribution in [1.29, 1.82) is 0 Å². The Balaban J connectivity index is 1.60. The maximum absolute atomic E-state index is 14.0. The highest BCUT2D eigenvalue weighted by Gasteiger charge is 2.56. The average molecular weight is 569 g/mol. The van der Waals surface area contributed by atoms with E-state index in [-0.39, 0.29) is 45.2 Å². The van der Waals surface area contributed by atoms with Crippen molar-refractivity contribution in [3.63, 3.8) is 0 Å². The number of fused-ring (bicyclic) bond motifs is 3. The van der Waals surface area contributed by atoms with Gasteiger partial charge in [-0.05, 0) is 52.3 Å². The Morgan fingerprint density at radius 1 is 1.18 bits per heavy atom. The van der Waals surface area contributed by atoms with E-state index >= 15 is 0 Å². The highest BCUT2D eigenvalue weighted by molar-refractivity contribution is 7.93. The number of aromatic hydroxyl groups is 2. The summed E-state index contributed by atoms with van der Waals surface area (Å²) in [5.41, 5.74) is -1.13. The summed E-state index contributed by atoms with van der Waals surface area (Å²) in [5.74, 6) is -2.61. The van der Waals surface area contributed by atoms with E-state index in [9.17, 15) is 33.0 Å². The number of phenols is 2. The van der Waals surface area contributed by atoms with Gasteiger partial charge in [0.15, 0.2) is 17.3 Å². The predicted octanol–water partition coefficient (Wildman–Crippen LogP) is 3.23. The first-order valence-electron chi connectivity index (χ1n) is 12.5. The van der Waals surface area contributed by atoms with Gasteiger partial charge >= 0.3 is 0 Å². The molecule has 12 heteroatoms. The minimum Gasteiger partial charge on any atom is -0.507 e. The van der Waals surface area contributed by atoms with Crippen molar-refractivity contribution >= 4 is 38.7 Å². The fourth-order valence-corrected chi connectivity index (χ4v) is 7.08. The maximum atomic E-state index is 14.0. The molecule has 11 nitrogen and oxygen atoms in total. The first-order chi connectivity index (χ1) is 18.7. The summed E-state index contributed by atoms with van der Waals surface area (Å²) in [7, 11) is -2.07.